The van der Waals surface area contributed by atoms with Gasteiger partial charge in [0.1, 0.15) is 11.6 Å². The van der Waals surface area contributed by atoms with Gasteiger partial charge in [0.15, 0.2) is 5.78 Å². The number of carbonyl (C=O) groups excluding carboxylic acids is 1. The lowest BCUT2D eigenvalue weighted by Gasteiger charge is -2.31. The Morgan fingerprint density at radius 1 is 1.33 bits per heavy atom. The molecule has 5 heteroatoms. The Morgan fingerprint density at radius 2 is 2.00 bits per heavy atom. The fraction of sp³-hybridized carbons (Fsp3) is 0.462. The monoisotopic (exact) mass is 255 g/mol. The van der Waals surface area contributed by atoms with Crippen molar-refractivity contribution in [3.8, 4) is 0 Å². The molecule has 0 aliphatic carbocycles. The minimum Gasteiger partial charge on any atom is -0.379 e. The fourth-order valence-electron chi connectivity index (χ4n) is 2.04. The zero-order chi connectivity index (χ0) is 13.1. The number of hydrogen-bond donors (Lipinski definition) is 0. The van der Waals surface area contributed by atoms with Crippen molar-refractivity contribution in [2.24, 2.45) is 0 Å². The van der Waals surface area contributed by atoms with E-state index < -0.39 is 17.7 Å². The summed E-state index contributed by atoms with van der Waals surface area (Å²) in [6.45, 7) is 4.18. The van der Waals surface area contributed by atoms with E-state index in [4.69, 9.17) is 4.74 Å². The lowest BCUT2D eigenvalue weighted by Crippen LogP contribution is -2.46. The van der Waals surface area contributed by atoms with E-state index in [0.717, 1.165) is 12.1 Å². The van der Waals surface area contributed by atoms with Gasteiger partial charge >= 0.3 is 0 Å². The van der Waals surface area contributed by atoms with Gasteiger partial charge in [0.2, 0.25) is 0 Å². The third-order valence-corrected chi connectivity index (χ3v) is 3.17. The highest BCUT2D eigenvalue weighted by molar-refractivity contribution is 6.00. The molecular weight excluding hydrogens is 240 g/mol. The van der Waals surface area contributed by atoms with Crippen LogP contribution in [0.25, 0.3) is 0 Å². The van der Waals surface area contributed by atoms with Crippen LogP contribution in [0.5, 0.6) is 0 Å². The molecule has 1 aromatic carbocycles. The predicted octanol–water partition coefficient (Wildman–Crippen LogP) is 1.87. The van der Waals surface area contributed by atoms with Crippen LogP contribution in [0.4, 0.5) is 8.78 Å². The van der Waals surface area contributed by atoms with Gasteiger partial charge in [-0.25, -0.2) is 8.78 Å². The lowest BCUT2D eigenvalue weighted by molar-refractivity contribution is 0.0207. The number of morpholine rings is 1. The van der Waals surface area contributed by atoms with Crippen molar-refractivity contribution in [3.63, 3.8) is 0 Å². The van der Waals surface area contributed by atoms with Gasteiger partial charge in [-0.2, -0.15) is 0 Å². The zero-order valence-electron chi connectivity index (χ0n) is 10.2. The van der Waals surface area contributed by atoms with E-state index in [1.165, 1.54) is 6.07 Å². The molecule has 0 radical (unpaired) electrons. The molecule has 1 unspecified atom stereocenters. The van der Waals surface area contributed by atoms with E-state index in [1.54, 1.807) is 6.92 Å². The van der Waals surface area contributed by atoms with Gasteiger partial charge in [0, 0.05) is 19.2 Å². The number of nitrogens with zero attached hydrogens (tertiary/aromatic N) is 1. The first-order chi connectivity index (χ1) is 8.59. The van der Waals surface area contributed by atoms with Crippen molar-refractivity contribution >= 4 is 5.78 Å². The van der Waals surface area contributed by atoms with E-state index in [9.17, 15) is 13.6 Å². The van der Waals surface area contributed by atoms with Crippen LogP contribution in [0, 0.1) is 11.6 Å². The summed E-state index contributed by atoms with van der Waals surface area (Å²) in [5.41, 5.74) is -0.0598. The maximum Gasteiger partial charge on any atom is 0.182 e. The molecule has 1 fully saturated rings. The van der Waals surface area contributed by atoms with Crippen LogP contribution in [0.2, 0.25) is 0 Å². The standard InChI is InChI=1S/C13H15F2NO2/c1-9(16-4-6-18-7-5-16)13(17)11-3-2-10(14)8-12(11)15/h2-3,8-9H,4-7H2,1H3. The Bertz CT molecular complexity index is 445. The highest BCUT2D eigenvalue weighted by Gasteiger charge is 2.25. The van der Waals surface area contributed by atoms with Crippen LogP contribution in [-0.4, -0.2) is 43.0 Å². The first kappa shape index (κ1) is 13.1. The number of rotatable bonds is 3. The van der Waals surface area contributed by atoms with Gasteiger partial charge < -0.3 is 4.74 Å². The maximum atomic E-state index is 13.5. The first-order valence-corrected chi connectivity index (χ1v) is 5.90. The summed E-state index contributed by atoms with van der Waals surface area (Å²) >= 11 is 0. The molecule has 3 nitrogen and oxygen atoms in total. The van der Waals surface area contributed by atoms with Crippen LogP contribution in [0.15, 0.2) is 18.2 Å². The molecule has 0 aromatic heterocycles. The fourth-order valence-corrected chi connectivity index (χ4v) is 2.04. The quantitative estimate of drug-likeness (QED) is 0.772. The second kappa shape index (κ2) is 5.54. The summed E-state index contributed by atoms with van der Waals surface area (Å²) in [7, 11) is 0. The second-order valence-electron chi connectivity index (χ2n) is 4.31. The van der Waals surface area contributed by atoms with Crippen LogP contribution < -0.4 is 0 Å². The molecule has 1 atom stereocenters. The van der Waals surface area contributed by atoms with Gasteiger partial charge in [0.25, 0.3) is 0 Å². The summed E-state index contributed by atoms with van der Waals surface area (Å²) in [5.74, 6) is -1.81. The van der Waals surface area contributed by atoms with Crippen molar-refractivity contribution in [3.05, 3.63) is 35.4 Å². The molecule has 0 spiro atoms. The molecular formula is C13H15F2NO2. The molecule has 1 heterocycles. The molecule has 0 amide bonds. The van der Waals surface area contributed by atoms with Crippen LogP contribution in [0.1, 0.15) is 17.3 Å². The van der Waals surface area contributed by atoms with Crippen molar-refractivity contribution in [1.29, 1.82) is 0 Å². The summed E-state index contributed by atoms with van der Waals surface area (Å²) in [4.78, 5) is 14.1. The molecule has 18 heavy (non-hydrogen) atoms. The molecule has 1 saturated heterocycles. The minimum absolute atomic E-state index is 0.0598. The molecule has 1 aliphatic rings. The summed E-state index contributed by atoms with van der Waals surface area (Å²) in [5, 5.41) is 0. The topological polar surface area (TPSA) is 29.5 Å². The molecule has 1 aromatic rings. The van der Waals surface area contributed by atoms with Gasteiger partial charge in [-0.15, -0.1) is 0 Å². The van der Waals surface area contributed by atoms with Crippen molar-refractivity contribution in [2.45, 2.75) is 13.0 Å². The average molecular weight is 255 g/mol. The van der Waals surface area contributed by atoms with E-state index in [1.807, 2.05) is 4.90 Å². The second-order valence-corrected chi connectivity index (χ2v) is 4.31. The van der Waals surface area contributed by atoms with E-state index in [0.29, 0.717) is 26.3 Å². The lowest BCUT2D eigenvalue weighted by atomic mass is 10.0. The molecule has 0 bridgehead atoms. The highest BCUT2D eigenvalue weighted by Crippen LogP contribution is 2.15. The Kier molecular flexibility index (Phi) is 4.04. The average Bonchev–Trinajstić information content (AvgIpc) is 2.38. The van der Waals surface area contributed by atoms with Crippen molar-refractivity contribution in [2.75, 3.05) is 26.3 Å². The van der Waals surface area contributed by atoms with E-state index in [-0.39, 0.29) is 11.3 Å². The molecule has 1 aliphatic heterocycles. The Balaban J connectivity index is 2.14. The third kappa shape index (κ3) is 2.73. The zero-order valence-corrected chi connectivity index (χ0v) is 10.2. The maximum absolute atomic E-state index is 13.5. The number of carbonyl (C=O) groups is 1. The van der Waals surface area contributed by atoms with Gasteiger partial charge in [-0.3, -0.25) is 9.69 Å². The minimum atomic E-state index is -0.805. The predicted molar refractivity (Wildman–Crippen MR) is 62.5 cm³/mol. The normalized spacial score (nSPS) is 18.6. The number of Topliss-reactive ketones (excluding diaryl/α,β-unsaturated/α-hetero) is 1. The number of ketones is 1. The van der Waals surface area contributed by atoms with E-state index in [2.05, 4.69) is 0 Å². The van der Waals surface area contributed by atoms with Crippen LogP contribution >= 0.6 is 0 Å². The summed E-state index contributed by atoms with van der Waals surface area (Å²) in [6, 6.07) is 2.61. The van der Waals surface area contributed by atoms with Crippen LogP contribution in [0.3, 0.4) is 0 Å². The van der Waals surface area contributed by atoms with Gasteiger partial charge in [-0.05, 0) is 19.1 Å². The molecule has 0 saturated carbocycles. The Labute approximate surface area is 104 Å². The number of halogens is 2. The Morgan fingerprint density at radius 3 is 2.61 bits per heavy atom. The third-order valence-electron chi connectivity index (χ3n) is 3.17. The molecule has 2 rings (SSSR count). The van der Waals surface area contributed by atoms with Crippen molar-refractivity contribution < 1.29 is 18.3 Å². The molecule has 98 valence electrons. The van der Waals surface area contributed by atoms with Gasteiger partial charge in [0.05, 0.1) is 24.8 Å². The van der Waals surface area contributed by atoms with Crippen LogP contribution in [-0.2, 0) is 4.74 Å². The largest absolute Gasteiger partial charge is 0.379 e. The SMILES string of the molecule is CC(C(=O)c1ccc(F)cc1F)N1CCOCC1. The summed E-state index contributed by atoms with van der Waals surface area (Å²) < 4.78 is 31.5. The highest BCUT2D eigenvalue weighted by atomic mass is 19.1. The number of ether oxygens (including phenoxy) is 1. The first-order valence-electron chi connectivity index (χ1n) is 5.90. The van der Waals surface area contributed by atoms with E-state index >= 15 is 0 Å². The van der Waals surface area contributed by atoms with Crippen molar-refractivity contribution in [1.82, 2.24) is 4.90 Å². The Hall–Kier alpha value is -1.33. The molecule has 0 N–H and O–H groups in total. The smallest absolute Gasteiger partial charge is 0.182 e. The summed E-state index contributed by atoms with van der Waals surface area (Å²) in [6.07, 6.45) is 0. The number of benzene rings is 1. The van der Waals surface area contributed by atoms with Gasteiger partial charge in [-0.1, -0.05) is 0 Å². The number of hydrogen-bond acceptors (Lipinski definition) is 3.